The molecule has 0 aliphatic rings. The first-order valence-electron chi connectivity index (χ1n) is 17.0. The molecule has 0 bridgehead atoms. The molecule has 0 saturated carbocycles. The van der Waals surface area contributed by atoms with Crippen LogP contribution in [0.15, 0.2) is 104 Å². The van der Waals surface area contributed by atoms with Gasteiger partial charge in [-0.2, -0.15) is 0 Å². The highest BCUT2D eigenvalue weighted by Crippen LogP contribution is 2.12. The Morgan fingerprint density at radius 1 is 0.364 bits per heavy atom. The van der Waals surface area contributed by atoms with Crippen molar-refractivity contribution in [2.45, 2.75) is 134 Å². The first kappa shape index (κ1) is 47.6. The highest BCUT2D eigenvalue weighted by Gasteiger charge is 1.96. The summed E-state index contributed by atoms with van der Waals surface area (Å²) in [7, 11) is 0. The number of hydrogen-bond donors (Lipinski definition) is 0. The van der Waals surface area contributed by atoms with Crippen molar-refractivity contribution in [2.75, 3.05) is 0 Å². The van der Waals surface area contributed by atoms with Gasteiger partial charge in [0.2, 0.25) is 0 Å². The number of rotatable bonds is 4. The smallest absolute Gasteiger partial charge is 0.0428 e. The van der Waals surface area contributed by atoms with E-state index in [4.69, 9.17) is 0 Å². The van der Waals surface area contributed by atoms with Crippen LogP contribution in [0, 0.1) is 0 Å². The van der Waals surface area contributed by atoms with Gasteiger partial charge in [-0.05, 0) is 70.7 Å². The van der Waals surface area contributed by atoms with Crippen molar-refractivity contribution in [1.29, 1.82) is 0 Å². The molecule has 0 aliphatic heterocycles. The average molecular weight is 604 g/mol. The number of pyridine rings is 3. The molecule has 4 rings (SSSR count). The maximum absolute atomic E-state index is 4.18. The molecule has 3 nitrogen and oxygen atoms in total. The lowest BCUT2D eigenvalue weighted by Gasteiger charge is -2.01. The van der Waals surface area contributed by atoms with Crippen molar-refractivity contribution >= 4 is 0 Å². The van der Waals surface area contributed by atoms with Gasteiger partial charge < -0.3 is 0 Å². The molecule has 0 saturated heterocycles. The Bertz CT molecular complexity index is 840. The normalized spacial score (nSPS) is 8.82. The molecule has 4 aromatic rings. The zero-order valence-electron chi connectivity index (χ0n) is 31.5. The van der Waals surface area contributed by atoms with Crippen molar-refractivity contribution in [2.24, 2.45) is 0 Å². The van der Waals surface area contributed by atoms with Crippen molar-refractivity contribution < 1.29 is 0 Å². The molecule has 0 fully saturated rings. The molecule has 1 aromatic carbocycles. The van der Waals surface area contributed by atoms with E-state index in [0.717, 1.165) is 5.69 Å². The third-order valence-electron chi connectivity index (χ3n) is 5.47. The first-order chi connectivity index (χ1) is 21.2. The van der Waals surface area contributed by atoms with E-state index in [1.54, 1.807) is 6.20 Å². The lowest BCUT2D eigenvalue weighted by atomic mass is 10.0. The Labute approximate surface area is 275 Å². The van der Waals surface area contributed by atoms with E-state index in [0.29, 0.717) is 23.7 Å². The van der Waals surface area contributed by atoms with Gasteiger partial charge in [0.25, 0.3) is 0 Å². The van der Waals surface area contributed by atoms with Crippen LogP contribution < -0.4 is 0 Å². The van der Waals surface area contributed by atoms with Crippen LogP contribution in [0.25, 0.3) is 0 Å². The topological polar surface area (TPSA) is 38.7 Å². The predicted octanol–water partition coefficient (Wildman–Crippen LogP) is 13.5. The SMILES string of the molecule is CC.CC.CC.CC.CC(C)c1ccccc1.CC(C)c1ccccn1.CC(C)c1cccnc1.CC(C)c1ccncc1. The third kappa shape index (κ3) is 27.5. The van der Waals surface area contributed by atoms with Gasteiger partial charge in [0.15, 0.2) is 0 Å². The number of hydrogen-bond acceptors (Lipinski definition) is 3. The number of aromatic nitrogens is 3. The van der Waals surface area contributed by atoms with Crippen LogP contribution in [-0.4, -0.2) is 15.0 Å². The molecule has 0 aliphatic carbocycles. The predicted molar refractivity (Wildman–Crippen MR) is 201 cm³/mol. The zero-order chi connectivity index (χ0) is 34.8. The van der Waals surface area contributed by atoms with Crippen LogP contribution >= 0.6 is 0 Å². The molecule has 3 heteroatoms. The van der Waals surface area contributed by atoms with Gasteiger partial charge in [-0.25, -0.2) is 0 Å². The highest BCUT2D eigenvalue weighted by atomic mass is 14.7. The molecule has 248 valence electrons. The van der Waals surface area contributed by atoms with Gasteiger partial charge in [0.1, 0.15) is 0 Å². The van der Waals surface area contributed by atoms with E-state index < -0.39 is 0 Å². The van der Waals surface area contributed by atoms with Gasteiger partial charge in [-0.15, -0.1) is 0 Å². The fourth-order valence-electron chi connectivity index (χ4n) is 3.02. The van der Waals surface area contributed by atoms with Crippen LogP contribution in [-0.2, 0) is 0 Å². The monoisotopic (exact) mass is 604 g/mol. The van der Waals surface area contributed by atoms with Crippen LogP contribution in [0.2, 0.25) is 0 Å². The summed E-state index contributed by atoms with van der Waals surface area (Å²) in [5.41, 5.74) is 5.23. The second-order valence-corrected chi connectivity index (χ2v) is 9.85. The molecular formula is C41H69N3. The summed E-state index contributed by atoms with van der Waals surface area (Å²) in [6.45, 7) is 33.4. The standard InChI is InChI=1S/C9H12.3C8H11N.4C2H6/c1-8(2)9-6-4-3-5-7-9;1-7(2)8-3-5-9-6-4-8;1-7(2)8-4-3-5-9-6-8;1-7(2)8-5-3-4-6-9-8;4*1-2/h3-8H,1-2H3;3*3-7H,1-2H3;4*1-2H3. The van der Waals surface area contributed by atoms with Crippen molar-refractivity contribution in [3.63, 3.8) is 0 Å². The lowest BCUT2D eigenvalue weighted by Crippen LogP contribution is -1.88. The van der Waals surface area contributed by atoms with Gasteiger partial charge in [0, 0.05) is 36.7 Å². The van der Waals surface area contributed by atoms with E-state index in [1.807, 2.05) is 123 Å². The van der Waals surface area contributed by atoms with E-state index in [2.05, 4.69) is 101 Å². The third-order valence-corrected chi connectivity index (χ3v) is 5.47. The Morgan fingerprint density at radius 2 is 0.795 bits per heavy atom. The molecule has 44 heavy (non-hydrogen) atoms. The summed E-state index contributed by atoms with van der Waals surface area (Å²) in [5.74, 6) is 2.42. The molecule has 0 unspecified atom stereocenters. The maximum atomic E-state index is 4.18. The molecular weight excluding hydrogens is 534 g/mol. The Hall–Kier alpha value is -3.33. The van der Waals surface area contributed by atoms with Crippen LogP contribution in [0.5, 0.6) is 0 Å². The summed E-state index contributed by atoms with van der Waals surface area (Å²) in [6, 6.07) is 24.7. The Morgan fingerprint density at radius 3 is 1.07 bits per heavy atom. The summed E-state index contributed by atoms with van der Waals surface area (Å²) in [5, 5.41) is 0. The molecule has 3 aromatic heterocycles. The van der Waals surface area contributed by atoms with Crippen molar-refractivity contribution in [3.8, 4) is 0 Å². The fourth-order valence-corrected chi connectivity index (χ4v) is 3.02. The number of nitrogens with zero attached hydrogens (tertiary/aromatic N) is 3. The van der Waals surface area contributed by atoms with Crippen LogP contribution in [0.1, 0.15) is 157 Å². The van der Waals surface area contributed by atoms with E-state index in [-0.39, 0.29) is 0 Å². The number of benzene rings is 1. The van der Waals surface area contributed by atoms with Gasteiger partial charge >= 0.3 is 0 Å². The Balaban J connectivity index is -0.000000225. The van der Waals surface area contributed by atoms with E-state index in [9.17, 15) is 0 Å². The van der Waals surface area contributed by atoms with Crippen LogP contribution in [0.3, 0.4) is 0 Å². The molecule has 0 radical (unpaired) electrons. The average Bonchev–Trinajstić information content (AvgIpc) is 3.11. The summed E-state index contributed by atoms with van der Waals surface area (Å²) >= 11 is 0. The van der Waals surface area contributed by atoms with E-state index in [1.165, 1.54) is 16.7 Å². The fraction of sp³-hybridized carbons (Fsp3) is 0.488. The quantitative estimate of drug-likeness (QED) is 0.233. The first-order valence-corrected chi connectivity index (χ1v) is 17.0. The van der Waals surface area contributed by atoms with Crippen LogP contribution in [0.4, 0.5) is 0 Å². The summed E-state index contributed by atoms with van der Waals surface area (Å²) in [4.78, 5) is 12.1. The second kappa shape index (κ2) is 35.9. The molecule has 0 N–H and O–H groups in total. The van der Waals surface area contributed by atoms with Crippen molar-refractivity contribution in [1.82, 2.24) is 15.0 Å². The highest BCUT2D eigenvalue weighted by molar-refractivity contribution is 5.17. The van der Waals surface area contributed by atoms with E-state index >= 15 is 0 Å². The minimum Gasteiger partial charge on any atom is -0.265 e. The second-order valence-electron chi connectivity index (χ2n) is 9.85. The molecule has 0 atom stereocenters. The minimum absolute atomic E-state index is 0.547. The molecule has 0 spiro atoms. The molecule has 3 heterocycles. The maximum Gasteiger partial charge on any atom is 0.0428 e. The largest absolute Gasteiger partial charge is 0.265 e. The lowest BCUT2D eigenvalue weighted by molar-refractivity contribution is 0.823. The summed E-state index contributed by atoms with van der Waals surface area (Å²) < 4.78 is 0. The zero-order valence-corrected chi connectivity index (χ0v) is 31.5. The van der Waals surface area contributed by atoms with Gasteiger partial charge in [0.05, 0.1) is 0 Å². The Kier molecular flexibility index (Phi) is 38.8. The summed E-state index contributed by atoms with van der Waals surface area (Å²) in [6.07, 6.45) is 9.19. The molecule has 0 amide bonds. The van der Waals surface area contributed by atoms with Gasteiger partial charge in [-0.1, -0.05) is 153 Å². The minimum atomic E-state index is 0.547. The van der Waals surface area contributed by atoms with Crippen molar-refractivity contribution in [3.05, 3.63) is 126 Å². The van der Waals surface area contributed by atoms with Gasteiger partial charge in [-0.3, -0.25) is 15.0 Å².